The van der Waals surface area contributed by atoms with Crippen LogP contribution in [0.4, 0.5) is 0 Å². The van der Waals surface area contributed by atoms with Gasteiger partial charge >= 0.3 is 0 Å². The zero-order chi connectivity index (χ0) is 32.0. The monoisotopic (exact) mass is 610 g/mol. The molecule has 47 heavy (non-hydrogen) atoms. The van der Waals surface area contributed by atoms with Gasteiger partial charge in [0.05, 0.1) is 11.6 Å². The smallest absolute Gasteiger partial charge is 0.164 e. The number of benzene rings is 5. The fourth-order valence-corrected chi connectivity index (χ4v) is 8.79. The fraction of sp³-hybridized carbons (Fsp3) is 0.256. The van der Waals surface area contributed by atoms with Crippen molar-refractivity contribution in [2.75, 3.05) is 0 Å². The third-order valence-electron chi connectivity index (χ3n) is 10.5. The number of aromatic nitrogens is 3. The highest BCUT2D eigenvalue weighted by Crippen LogP contribution is 2.54. The highest BCUT2D eigenvalue weighted by Gasteiger charge is 2.45. The summed E-state index contributed by atoms with van der Waals surface area (Å²) in [7, 11) is 0. The molecule has 8 rings (SSSR count). The van der Waals surface area contributed by atoms with E-state index in [0.717, 1.165) is 50.8 Å². The van der Waals surface area contributed by atoms with Gasteiger partial charge in [-0.2, -0.15) is 5.26 Å². The molecule has 4 atom stereocenters. The lowest BCUT2D eigenvalue weighted by Gasteiger charge is -2.50. The van der Waals surface area contributed by atoms with E-state index in [1.54, 1.807) is 0 Å². The van der Waals surface area contributed by atoms with Crippen molar-refractivity contribution in [2.45, 2.75) is 51.4 Å². The lowest BCUT2D eigenvalue weighted by Crippen LogP contribution is -2.42. The van der Waals surface area contributed by atoms with E-state index in [-0.39, 0.29) is 0 Å². The van der Waals surface area contributed by atoms with Crippen molar-refractivity contribution in [3.05, 3.63) is 126 Å². The molecule has 4 heteroatoms. The maximum Gasteiger partial charge on any atom is 0.164 e. The molecule has 0 radical (unpaired) electrons. The van der Waals surface area contributed by atoms with Crippen LogP contribution in [0.15, 0.2) is 115 Å². The summed E-state index contributed by atoms with van der Waals surface area (Å²) in [6.07, 6.45) is 6.71. The van der Waals surface area contributed by atoms with Crippen LogP contribution in [0.2, 0.25) is 0 Å². The lowest BCUT2D eigenvalue weighted by atomic mass is 9.54. The maximum atomic E-state index is 9.36. The van der Waals surface area contributed by atoms with Crippen LogP contribution >= 0.6 is 0 Å². The van der Waals surface area contributed by atoms with Crippen LogP contribution in [0.25, 0.3) is 56.1 Å². The third kappa shape index (κ3) is 5.61. The Morgan fingerprint density at radius 2 is 1.17 bits per heavy atom. The largest absolute Gasteiger partial charge is 0.208 e. The summed E-state index contributed by atoms with van der Waals surface area (Å²) in [5.74, 6) is 4.35. The van der Waals surface area contributed by atoms with Crippen molar-refractivity contribution in [3.63, 3.8) is 0 Å². The first-order valence-corrected chi connectivity index (χ1v) is 16.9. The van der Waals surface area contributed by atoms with E-state index < -0.39 is 0 Å². The molecule has 0 aliphatic heterocycles. The molecule has 4 nitrogen and oxygen atoms in total. The Kier molecular flexibility index (Phi) is 7.41. The van der Waals surface area contributed by atoms with Crippen LogP contribution in [0, 0.1) is 29.1 Å². The van der Waals surface area contributed by atoms with E-state index in [1.165, 1.54) is 43.2 Å². The van der Waals surface area contributed by atoms with Crippen LogP contribution in [0.5, 0.6) is 0 Å². The molecule has 6 aromatic rings. The Hall–Kier alpha value is -5.14. The first-order valence-electron chi connectivity index (χ1n) is 16.9. The predicted octanol–water partition coefficient (Wildman–Crippen LogP) is 10.7. The van der Waals surface area contributed by atoms with Gasteiger partial charge in [0.25, 0.3) is 0 Å². The predicted molar refractivity (Wildman–Crippen MR) is 190 cm³/mol. The van der Waals surface area contributed by atoms with E-state index in [0.29, 0.717) is 28.5 Å². The van der Waals surface area contributed by atoms with Crippen molar-refractivity contribution in [1.29, 1.82) is 5.26 Å². The Morgan fingerprint density at radius 3 is 1.89 bits per heavy atom. The molecule has 2 aliphatic rings. The van der Waals surface area contributed by atoms with Crippen LogP contribution in [-0.4, -0.2) is 15.0 Å². The summed E-state index contributed by atoms with van der Waals surface area (Å²) in [5.41, 5.74) is 7.58. The molecular formula is C43H38N4. The molecule has 5 aromatic carbocycles. The van der Waals surface area contributed by atoms with Crippen molar-refractivity contribution < 1.29 is 0 Å². The minimum Gasteiger partial charge on any atom is -0.208 e. The van der Waals surface area contributed by atoms with Gasteiger partial charge < -0.3 is 0 Å². The molecule has 2 bridgehead atoms. The average molecular weight is 611 g/mol. The lowest BCUT2D eigenvalue weighted by molar-refractivity contribution is 0.0780. The standard InChI is InChI=1S/C43H38N4/c1-28-20-31-21-29(2)25-43(24-28,26-31)37-18-16-32(17-19-37)38-10-6-7-11-39(38)42-46-40(33-8-4-3-5-9-33)45-41(47-42)36-15-14-34-22-30(27-44)12-13-35(34)23-36/h3-19,22-23,28-29,31H,20-21,24-26H2,1-2H3/t28-,29+,31?,43?. The molecule has 0 N–H and O–H groups in total. The minimum atomic E-state index is 0.307. The Balaban J connectivity index is 1.21. The number of nitrogens with zero attached hydrogens (tertiary/aromatic N) is 4. The Morgan fingerprint density at radius 1 is 0.574 bits per heavy atom. The molecule has 0 amide bonds. The second-order valence-corrected chi connectivity index (χ2v) is 14.1. The summed E-state index contributed by atoms with van der Waals surface area (Å²) in [4.78, 5) is 15.1. The van der Waals surface area contributed by atoms with Crippen LogP contribution in [0.3, 0.4) is 0 Å². The topological polar surface area (TPSA) is 62.5 Å². The summed E-state index contributed by atoms with van der Waals surface area (Å²) < 4.78 is 0. The molecule has 2 saturated carbocycles. The van der Waals surface area contributed by atoms with Crippen LogP contribution < -0.4 is 0 Å². The van der Waals surface area contributed by atoms with Gasteiger partial charge in [-0.15, -0.1) is 0 Å². The number of hydrogen-bond donors (Lipinski definition) is 0. The van der Waals surface area contributed by atoms with Gasteiger partial charge in [0.2, 0.25) is 0 Å². The van der Waals surface area contributed by atoms with Gasteiger partial charge in [-0.05, 0) is 101 Å². The van der Waals surface area contributed by atoms with Gasteiger partial charge in [-0.25, -0.2) is 15.0 Å². The first kappa shape index (κ1) is 29.3. The average Bonchev–Trinajstić information content (AvgIpc) is 3.11. The zero-order valence-corrected chi connectivity index (χ0v) is 27.0. The molecule has 2 fully saturated rings. The van der Waals surface area contributed by atoms with E-state index in [1.807, 2.05) is 60.7 Å². The first-order chi connectivity index (χ1) is 23.0. The number of hydrogen-bond acceptors (Lipinski definition) is 4. The molecule has 0 spiro atoms. The second kappa shape index (κ2) is 11.9. The third-order valence-corrected chi connectivity index (χ3v) is 10.5. The summed E-state index contributed by atoms with van der Waals surface area (Å²) >= 11 is 0. The molecule has 1 heterocycles. The SMILES string of the molecule is C[C@@H]1CC2C[C@H](C)CC(c3ccc(-c4ccccc4-c4nc(-c5ccccc5)nc(-c5ccc6cc(C#N)ccc6c5)n4)cc3)(C2)C1. The maximum absolute atomic E-state index is 9.36. The summed E-state index contributed by atoms with van der Waals surface area (Å²) in [5, 5.41) is 11.4. The molecule has 1 aromatic heterocycles. The van der Waals surface area contributed by atoms with Crippen LogP contribution in [-0.2, 0) is 5.41 Å². The van der Waals surface area contributed by atoms with Crippen molar-refractivity contribution >= 4 is 10.8 Å². The van der Waals surface area contributed by atoms with Gasteiger partial charge in [0, 0.05) is 16.7 Å². The number of nitriles is 1. The van der Waals surface area contributed by atoms with Gasteiger partial charge in [-0.3, -0.25) is 0 Å². The highest BCUT2D eigenvalue weighted by atomic mass is 15.0. The van der Waals surface area contributed by atoms with Crippen molar-refractivity contribution in [1.82, 2.24) is 15.0 Å². The highest BCUT2D eigenvalue weighted by molar-refractivity contribution is 5.88. The van der Waals surface area contributed by atoms with E-state index in [2.05, 4.69) is 74.5 Å². The summed E-state index contributed by atoms with van der Waals surface area (Å²) in [6, 6.07) is 42.2. The normalized spacial score (nSPS) is 22.1. The Labute approximate surface area is 277 Å². The van der Waals surface area contributed by atoms with E-state index in [4.69, 9.17) is 15.0 Å². The van der Waals surface area contributed by atoms with Crippen molar-refractivity contribution in [3.8, 4) is 51.4 Å². The van der Waals surface area contributed by atoms with E-state index >= 15 is 0 Å². The fourth-order valence-electron chi connectivity index (χ4n) is 8.79. The molecule has 2 unspecified atom stereocenters. The van der Waals surface area contributed by atoms with E-state index in [9.17, 15) is 5.26 Å². The number of rotatable bonds is 5. The molecule has 2 aliphatic carbocycles. The Bertz CT molecular complexity index is 2110. The number of fused-ring (bicyclic) bond motifs is 3. The van der Waals surface area contributed by atoms with Gasteiger partial charge in [0.1, 0.15) is 0 Å². The minimum absolute atomic E-state index is 0.307. The second-order valence-electron chi connectivity index (χ2n) is 14.1. The molecule has 0 saturated heterocycles. The zero-order valence-electron chi connectivity index (χ0n) is 27.0. The van der Waals surface area contributed by atoms with Crippen LogP contribution in [0.1, 0.15) is 57.1 Å². The quantitative estimate of drug-likeness (QED) is 0.195. The van der Waals surface area contributed by atoms with Gasteiger partial charge in [0.15, 0.2) is 17.5 Å². The van der Waals surface area contributed by atoms with Gasteiger partial charge in [-0.1, -0.05) is 111 Å². The summed E-state index contributed by atoms with van der Waals surface area (Å²) in [6.45, 7) is 4.91. The molecule has 230 valence electrons. The molecular weight excluding hydrogens is 573 g/mol. The van der Waals surface area contributed by atoms with Crippen molar-refractivity contribution in [2.24, 2.45) is 17.8 Å².